The smallest absolute Gasteiger partial charge is 0.140 e. The summed E-state index contributed by atoms with van der Waals surface area (Å²) in [4.78, 5) is 3.39. The molecule has 1 N–H and O–H groups in total. The van der Waals surface area contributed by atoms with Crippen LogP contribution in [0.3, 0.4) is 0 Å². The highest BCUT2D eigenvalue weighted by Gasteiger charge is 2.27. The van der Waals surface area contributed by atoms with Gasteiger partial charge in [0.05, 0.1) is 17.3 Å². The van der Waals surface area contributed by atoms with Crippen molar-refractivity contribution in [3.05, 3.63) is 82.7 Å². The van der Waals surface area contributed by atoms with Gasteiger partial charge in [0.1, 0.15) is 5.82 Å². The molecule has 0 fully saturated rings. The van der Waals surface area contributed by atoms with E-state index in [1.165, 1.54) is 18.4 Å². The number of unbranched alkanes of at least 4 members (excludes halogenated alkanes) is 1. The van der Waals surface area contributed by atoms with Gasteiger partial charge in [0.25, 0.3) is 0 Å². The van der Waals surface area contributed by atoms with Crippen LogP contribution in [-0.4, -0.2) is 4.98 Å². The van der Waals surface area contributed by atoms with Crippen molar-refractivity contribution in [2.24, 2.45) is 0 Å². The van der Waals surface area contributed by atoms with Gasteiger partial charge in [-0.3, -0.25) is 0 Å². The topological polar surface area (TPSA) is 39.6 Å². The van der Waals surface area contributed by atoms with Crippen LogP contribution in [0.2, 0.25) is 0 Å². The van der Waals surface area contributed by atoms with Crippen molar-refractivity contribution < 1.29 is 4.39 Å². The number of hydrogen-bond acceptors (Lipinski definition) is 1. The lowest BCUT2D eigenvalue weighted by Crippen LogP contribution is -1.92. The Balaban J connectivity index is 1.59. The summed E-state index contributed by atoms with van der Waals surface area (Å²) in [6.45, 7) is 2.19. The quantitative estimate of drug-likeness (QED) is 0.368. The number of halogens is 1. The van der Waals surface area contributed by atoms with E-state index in [9.17, 15) is 5.26 Å². The Labute approximate surface area is 169 Å². The monoisotopic (exact) mass is 380 g/mol. The Kier molecular flexibility index (Phi) is 4.21. The zero-order valence-electron chi connectivity index (χ0n) is 16.3. The van der Waals surface area contributed by atoms with E-state index in [1.807, 2.05) is 36.4 Å². The maximum Gasteiger partial charge on any atom is 0.140 e. The second kappa shape index (κ2) is 6.90. The van der Waals surface area contributed by atoms with Crippen LogP contribution in [0.25, 0.3) is 33.3 Å². The van der Waals surface area contributed by atoms with Gasteiger partial charge in [0.2, 0.25) is 0 Å². The molecule has 0 amide bonds. The number of aromatic amines is 1. The fourth-order valence-corrected chi connectivity index (χ4v) is 4.39. The minimum atomic E-state index is -0.172. The van der Waals surface area contributed by atoms with Gasteiger partial charge < -0.3 is 4.98 Å². The highest BCUT2D eigenvalue weighted by atomic mass is 19.1. The number of nitrogens with zero attached hydrogens (tertiary/aromatic N) is 1. The summed E-state index contributed by atoms with van der Waals surface area (Å²) in [7, 11) is 0. The molecule has 142 valence electrons. The van der Waals surface area contributed by atoms with Gasteiger partial charge in [0.15, 0.2) is 0 Å². The van der Waals surface area contributed by atoms with Gasteiger partial charge in [-0.1, -0.05) is 49.7 Å². The summed E-state index contributed by atoms with van der Waals surface area (Å²) < 4.78 is 15.6. The first-order valence-electron chi connectivity index (χ1n) is 10.2. The van der Waals surface area contributed by atoms with E-state index in [4.69, 9.17) is 0 Å². The third kappa shape index (κ3) is 2.84. The van der Waals surface area contributed by atoms with Gasteiger partial charge >= 0.3 is 0 Å². The number of aromatic nitrogens is 1. The lowest BCUT2D eigenvalue weighted by molar-refractivity contribution is 0.634. The van der Waals surface area contributed by atoms with Crippen molar-refractivity contribution in [3.63, 3.8) is 0 Å². The lowest BCUT2D eigenvalue weighted by Gasteiger charge is -2.10. The number of rotatable bonds is 4. The Morgan fingerprint density at radius 1 is 1.07 bits per heavy atom. The normalized spacial score (nSPS) is 12.0. The third-order valence-electron chi connectivity index (χ3n) is 5.96. The van der Waals surface area contributed by atoms with Crippen molar-refractivity contribution in [1.29, 1.82) is 5.26 Å². The Morgan fingerprint density at radius 2 is 1.90 bits per heavy atom. The Bertz CT molecular complexity index is 1270. The fraction of sp³-hybridized carbons (Fsp3) is 0.192. The average Bonchev–Trinajstić information content (AvgIpc) is 3.28. The van der Waals surface area contributed by atoms with Crippen LogP contribution in [0.5, 0.6) is 0 Å². The first-order chi connectivity index (χ1) is 14.2. The lowest BCUT2D eigenvalue weighted by atomic mass is 9.97. The van der Waals surface area contributed by atoms with E-state index in [-0.39, 0.29) is 5.82 Å². The fourth-order valence-electron chi connectivity index (χ4n) is 4.39. The molecule has 1 heterocycles. The van der Waals surface area contributed by atoms with E-state index >= 15 is 4.39 Å². The molecule has 0 bridgehead atoms. The first kappa shape index (κ1) is 17.7. The molecule has 2 nitrogen and oxygen atoms in total. The largest absolute Gasteiger partial charge is 0.354 e. The molecule has 3 aromatic carbocycles. The summed E-state index contributed by atoms with van der Waals surface area (Å²) >= 11 is 0. The second-order valence-electron chi connectivity index (χ2n) is 7.79. The van der Waals surface area contributed by atoms with Crippen molar-refractivity contribution in [3.8, 4) is 28.5 Å². The highest BCUT2D eigenvalue weighted by Crippen LogP contribution is 2.44. The molecule has 5 rings (SSSR count). The van der Waals surface area contributed by atoms with Crippen molar-refractivity contribution in [2.45, 2.75) is 32.6 Å². The van der Waals surface area contributed by atoms with E-state index in [0.717, 1.165) is 39.7 Å². The molecule has 1 aromatic heterocycles. The summed E-state index contributed by atoms with van der Waals surface area (Å²) in [5, 5.41) is 10.2. The number of hydrogen-bond donors (Lipinski definition) is 1. The zero-order chi connectivity index (χ0) is 20.0. The zero-order valence-corrected chi connectivity index (χ0v) is 16.3. The standard InChI is InChI=1S/C26H21FN2/c1-2-3-4-16-5-8-18(9-6-16)20-11-10-19-14-22-21-13-17(15-28)7-12-23(21)29-26(22)24(19)25(20)27/h5-13,29H,2-4,14H2,1H3. The van der Waals surface area contributed by atoms with Crippen LogP contribution >= 0.6 is 0 Å². The molecule has 0 radical (unpaired) electrons. The highest BCUT2D eigenvalue weighted by molar-refractivity contribution is 5.96. The summed E-state index contributed by atoms with van der Waals surface area (Å²) in [5.74, 6) is -0.172. The van der Waals surface area contributed by atoms with Gasteiger partial charge in [0, 0.05) is 28.5 Å². The molecule has 1 aliphatic carbocycles. The maximum absolute atomic E-state index is 15.6. The number of aryl methyl sites for hydroxylation is 1. The van der Waals surface area contributed by atoms with Crippen LogP contribution in [0.1, 0.15) is 42.0 Å². The molecule has 0 unspecified atom stereocenters. The van der Waals surface area contributed by atoms with Crippen LogP contribution in [-0.2, 0) is 12.8 Å². The number of H-pyrrole nitrogens is 1. The third-order valence-corrected chi connectivity index (χ3v) is 5.96. The second-order valence-corrected chi connectivity index (χ2v) is 7.79. The molecule has 0 spiro atoms. The number of benzene rings is 3. The van der Waals surface area contributed by atoms with Gasteiger partial charge in [-0.15, -0.1) is 0 Å². The summed E-state index contributed by atoms with van der Waals surface area (Å²) in [6.07, 6.45) is 4.09. The molecule has 3 heteroatoms. The molecule has 0 atom stereocenters. The van der Waals surface area contributed by atoms with Gasteiger partial charge in [-0.2, -0.15) is 5.26 Å². The molecule has 0 saturated carbocycles. The molecular formula is C26H21FN2. The van der Waals surface area contributed by atoms with Crippen LogP contribution in [0, 0.1) is 17.1 Å². The van der Waals surface area contributed by atoms with Crippen molar-refractivity contribution in [2.75, 3.05) is 0 Å². The molecule has 0 saturated heterocycles. The van der Waals surface area contributed by atoms with E-state index < -0.39 is 0 Å². The summed E-state index contributed by atoms with van der Waals surface area (Å²) in [5.41, 5.74) is 8.00. The van der Waals surface area contributed by atoms with Crippen molar-refractivity contribution in [1.82, 2.24) is 4.98 Å². The number of nitriles is 1. The minimum absolute atomic E-state index is 0.172. The van der Waals surface area contributed by atoms with Crippen LogP contribution in [0.4, 0.5) is 4.39 Å². The van der Waals surface area contributed by atoms with Gasteiger partial charge in [-0.05, 0) is 53.3 Å². The molecular weight excluding hydrogens is 359 g/mol. The van der Waals surface area contributed by atoms with Crippen LogP contribution < -0.4 is 0 Å². The van der Waals surface area contributed by atoms with Gasteiger partial charge in [-0.25, -0.2) is 4.39 Å². The average molecular weight is 380 g/mol. The Morgan fingerprint density at radius 3 is 2.66 bits per heavy atom. The van der Waals surface area contributed by atoms with Crippen molar-refractivity contribution >= 4 is 10.9 Å². The molecule has 29 heavy (non-hydrogen) atoms. The Hall–Kier alpha value is -3.38. The van der Waals surface area contributed by atoms with Crippen LogP contribution in [0.15, 0.2) is 54.6 Å². The molecule has 4 aromatic rings. The van der Waals surface area contributed by atoms with E-state index in [0.29, 0.717) is 23.1 Å². The van der Waals surface area contributed by atoms with E-state index in [1.54, 1.807) is 6.07 Å². The number of fused-ring (bicyclic) bond motifs is 5. The number of nitrogens with one attached hydrogen (secondary N) is 1. The predicted octanol–water partition coefficient (Wildman–Crippen LogP) is 6.76. The summed E-state index contributed by atoms with van der Waals surface area (Å²) in [6, 6.07) is 20.0. The first-order valence-corrected chi connectivity index (χ1v) is 10.2. The maximum atomic E-state index is 15.6. The SMILES string of the molecule is CCCCc1ccc(-c2ccc3c(c2F)-c2[nH]c4ccc(C#N)cc4c2C3)cc1. The van der Waals surface area contributed by atoms with E-state index in [2.05, 4.69) is 30.1 Å². The minimum Gasteiger partial charge on any atom is -0.354 e. The predicted molar refractivity (Wildman–Crippen MR) is 115 cm³/mol. The molecule has 0 aliphatic heterocycles. The molecule has 1 aliphatic rings.